The average molecular weight is 947 g/mol. The number of rotatable bonds is 23. The maximum absolute atomic E-state index is 13.7. The summed E-state index contributed by atoms with van der Waals surface area (Å²) in [4.78, 5) is 86.8. The van der Waals surface area contributed by atoms with Crippen LogP contribution in [0.15, 0.2) is 56.6 Å². The second kappa shape index (κ2) is 24.7. The summed E-state index contributed by atoms with van der Waals surface area (Å²) in [6, 6.07) is 5.78. The van der Waals surface area contributed by atoms with Crippen molar-refractivity contribution in [1.82, 2.24) is 19.8 Å². The molecule has 2 aromatic carbocycles. The highest BCUT2D eigenvalue weighted by atomic mass is 19.2. The van der Waals surface area contributed by atoms with E-state index in [4.69, 9.17) is 11.7 Å². The number of aliphatic imine (C=N–C) groups is 2. The van der Waals surface area contributed by atoms with Gasteiger partial charge in [0, 0.05) is 74.5 Å². The van der Waals surface area contributed by atoms with E-state index in [0.29, 0.717) is 24.5 Å². The molecule has 4 amide bonds. The first-order chi connectivity index (χ1) is 32.3. The number of hydrazone groups is 2. The number of Topliss-reactive ketones (excluding diaryl/α,β-unsaturated/α-hetero) is 2. The molecule has 0 saturated heterocycles. The zero-order valence-electron chi connectivity index (χ0n) is 38.5. The summed E-state index contributed by atoms with van der Waals surface area (Å²) in [7, 11) is 3.07. The Labute approximate surface area is 389 Å². The summed E-state index contributed by atoms with van der Waals surface area (Å²) in [5.41, 5.74) is 1.74. The van der Waals surface area contributed by atoms with Gasteiger partial charge in [0.15, 0.2) is 23.3 Å². The predicted octanol–water partition coefficient (Wildman–Crippen LogP) is 5.07. The third-order valence-electron chi connectivity index (χ3n) is 11.0. The molecule has 0 bridgehead atoms. The first kappa shape index (κ1) is 52.8. The number of carbonyl (C=O) groups is 6. The van der Waals surface area contributed by atoms with Crippen molar-refractivity contribution < 1.29 is 46.3 Å². The average Bonchev–Trinajstić information content (AvgIpc) is 3.67. The van der Waals surface area contributed by atoms with E-state index in [2.05, 4.69) is 41.5 Å². The van der Waals surface area contributed by atoms with E-state index in [1.807, 2.05) is 0 Å². The zero-order valence-corrected chi connectivity index (χ0v) is 38.5. The Morgan fingerprint density at radius 1 is 0.559 bits per heavy atom. The molecule has 0 atom stereocenters. The number of carbonyl (C=O) groups excluding carboxylic acids is 6. The van der Waals surface area contributed by atoms with E-state index < -0.39 is 58.5 Å². The van der Waals surface area contributed by atoms with Crippen molar-refractivity contribution in [2.75, 3.05) is 36.8 Å². The number of ketones is 2. The van der Waals surface area contributed by atoms with Crippen molar-refractivity contribution >= 4 is 70.4 Å². The van der Waals surface area contributed by atoms with Gasteiger partial charge in [-0.2, -0.15) is 10.2 Å². The van der Waals surface area contributed by atoms with E-state index in [0.717, 1.165) is 62.8 Å². The highest BCUT2D eigenvalue weighted by Gasteiger charge is 2.30. The van der Waals surface area contributed by atoms with Crippen LogP contribution >= 0.6 is 0 Å². The molecular weight excluding hydrogens is 893 g/mol. The summed E-state index contributed by atoms with van der Waals surface area (Å²) >= 11 is 0. The molecule has 0 aliphatic heterocycles. The van der Waals surface area contributed by atoms with Crippen LogP contribution < -0.4 is 33.0 Å². The van der Waals surface area contributed by atoms with Crippen molar-refractivity contribution in [3.05, 3.63) is 105 Å². The predicted molar refractivity (Wildman–Crippen MR) is 251 cm³/mol. The highest BCUT2D eigenvalue weighted by Crippen LogP contribution is 2.25. The minimum absolute atomic E-state index is 0.00707. The van der Waals surface area contributed by atoms with Gasteiger partial charge >= 0.3 is 0 Å². The molecule has 0 spiro atoms. The Balaban J connectivity index is 1.11. The largest absolute Gasteiger partial charge is 0.343 e. The van der Waals surface area contributed by atoms with E-state index in [-0.39, 0.29) is 69.5 Å². The third-order valence-corrected chi connectivity index (χ3v) is 11.0. The number of aromatic nitrogens is 2. The minimum Gasteiger partial charge on any atom is -0.343 e. The minimum atomic E-state index is -1.14. The van der Waals surface area contributed by atoms with Gasteiger partial charge in [0.05, 0.1) is 35.6 Å². The Kier molecular flexibility index (Phi) is 19.2. The summed E-state index contributed by atoms with van der Waals surface area (Å²) in [6.45, 7) is 6.73. The molecule has 68 heavy (non-hydrogen) atoms. The summed E-state index contributed by atoms with van der Waals surface area (Å²) in [6.07, 6.45) is 8.06. The molecule has 0 aliphatic rings. The van der Waals surface area contributed by atoms with Crippen LogP contribution in [0.3, 0.4) is 0 Å². The van der Waals surface area contributed by atoms with Crippen LogP contribution in [0, 0.1) is 51.0 Å². The highest BCUT2D eigenvalue weighted by molar-refractivity contribution is 6.45. The number of amides is 4. The smallest absolute Gasteiger partial charge is 0.292 e. The zero-order chi connectivity index (χ0) is 50.2. The lowest BCUT2D eigenvalue weighted by Gasteiger charge is -2.08. The Hall–Kier alpha value is -7.78. The quantitative estimate of drug-likeness (QED) is 0.0111. The molecule has 18 nitrogen and oxygen atoms in total. The SMILES string of the molecule is Cc1c(C(=O)C(=O)NCC(C=NCCCCCCCCN=CC(CNC(=O)C(=O)c2c(C)c(C(=O)Nc3ccc(F)c(F)c3)n(C)c2C)=NN)=NN)c(C)n(C)c1C(=O)Nc1ccc(F)c(F)c1. The van der Waals surface area contributed by atoms with Gasteiger partial charge < -0.3 is 42.1 Å². The third kappa shape index (κ3) is 13.4. The number of hydrogen-bond donors (Lipinski definition) is 6. The number of nitrogens with one attached hydrogen (secondary N) is 4. The lowest BCUT2D eigenvalue weighted by atomic mass is 10.0. The summed E-state index contributed by atoms with van der Waals surface area (Å²) in [5, 5.41) is 17.2. The van der Waals surface area contributed by atoms with Crippen molar-refractivity contribution in [3.8, 4) is 0 Å². The molecule has 0 aliphatic carbocycles. The van der Waals surface area contributed by atoms with Gasteiger partial charge in [-0.3, -0.25) is 38.8 Å². The monoisotopic (exact) mass is 946 g/mol. The molecule has 0 fully saturated rings. The number of nitrogens with zero attached hydrogens (tertiary/aromatic N) is 6. The van der Waals surface area contributed by atoms with E-state index in [1.165, 1.54) is 61.6 Å². The fourth-order valence-corrected chi connectivity index (χ4v) is 7.23. The van der Waals surface area contributed by atoms with Crippen molar-refractivity contribution in [2.45, 2.75) is 66.2 Å². The van der Waals surface area contributed by atoms with Crippen LogP contribution in [0.2, 0.25) is 0 Å². The number of hydrogen-bond acceptors (Lipinski definition) is 12. The Bertz CT molecular complexity index is 2520. The van der Waals surface area contributed by atoms with Crippen molar-refractivity contribution in [2.24, 2.45) is 46.0 Å². The fraction of sp³-hybridized carbons (Fsp3) is 0.348. The number of unbranched alkanes of at least 4 members (excludes halogenated alkanes) is 5. The van der Waals surface area contributed by atoms with Crippen molar-refractivity contribution in [3.63, 3.8) is 0 Å². The molecule has 4 aromatic rings. The van der Waals surface area contributed by atoms with Gasteiger partial charge in [-0.25, -0.2) is 17.6 Å². The van der Waals surface area contributed by atoms with Crippen LogP contribution in [0.25, 0.3) is 0 Å². The lowest BCUT2D eigenvalue weighted by Crippen LogP contribution is -2.36. The molecular formula is C46H54F4N12O6. The topological polar surface area (TPSA) is 262 Å². The normalized spacial score (nSPS) is 11.9. The molecule has 362 valence electrons. The maximum atomic E-state index is 13.7. The molecule has 22 heteroatoms. The molecule has 8 N–H and O–H groups in total. The molecule has 0 unspecified atom stereocenters. The van der Waals surface area contributed by atoms with Crippen LogP contribution in [0.5, 0.6) is 0 Å². The second-order valence-corrected chi connectivity index (χ2v) is 15.6. The number of benzene rings is 2. The number of nitrogens with two attached hydrogens (primary N) is 2. The number of anilines is 2. The maximum Gasteiger partial charge on any atom is 0.292 e. The van der Waals surface area contributed by atoms with Crippen molar-refractivity contribution in [1.29, 1.82) is 0 Å². The standard InChI is InChI=1S/C46H54F4N12O6/c1-25-37(27(3)61(5)39(25)43(65)57-29-13-15-33(47)35(49)19-29)41(63)45(67)55-23-31(59-51)21-53-17-11-9-7-8-10-12-18-54-22-32(60-52)24-56-46(68)42(64)38-26(2)40(62(6)28(38)4)44(66)58-30-14-16-34(48)36(50)20-30/h13-16,19-22H,7-12,17-18,23-24,51-52H2,1-6H3,(H,55,67)(H,56,68)(H,57,65)(H,58,66). The molecule has 0 radical (unpaired) electrons. The molecule has 0 saturated carbocycles. The van der Waals surface area contributed by atoms with E-state index >= 15 is 0 Å². The van der Waals surface area contributed by atoms with Gasteiger partial charge in [0.25, 0.3) is 35.2 Å². The van der Waals surface area contributed by atoms with Gasteiger partial charge in [0.2, 0.25) is 0 Å². The van der Waals surface area contributed by atoms with E-state index in [9.17, 15) is 46.3 Å². The summed E-state index contributed by atoms with van der Waals surface area (Å²) < 4.78 is 56.9. The first-order valence-corrected chi connectivity index (χ1v) is 21.3. The van der Waals surface area contributed by atoms with Gasteiger partial charge in [-0.1, -0.05) is 25.7 Å². The molecule has 2 heterocycles. The van der Waals surface area contributed by atoms with Gasteiger partial charge in [-0.05, 0) is 75.9 Å². The number of halogens is 4. The Morgan fingerprint density at radius 3 is 1.25 bits per heavy atom. The lowest BCUT2D eigenvalue weighted by molar-refractivity contribution is -0.117. The van der Waals surface area contributed by atoms with Crippen LogP contribution in [-0.4, -0.2) is 94.4 Å². The van der Waals surface area contributed by atoms with Crippen LogP contribution in [-0.2, 0) is 23.7 Å². The fourth-order valence-electron chi connectivity index (χ4n) is 7.23. The second-order valence-electron chi connectivity index (χ2n) is 15.6. The Morgan fingerprint density at radius 2 is 0.912 bits per heavy atom. The van der Waals surface area contributed by atoms with Gasteiger partial charge in [0.1, 0.15) is 11.4 Å². The first-order valence-electron chi connectivity index (χ1n) is 21.3. The van der Waals surface area contributed by atoms with Crippen LogP contribution in [0.4, 0.5) is 28.9 Å². The van der Waals surface area contributed by atoms with Crippen LogP contribution in [0.1, 0.15) is 103 Å². The van der Waals surface area contributed by atoms with E-state index in [1.54, 1.807) is 13.8 Å². The molecule has 2 aromatic heterocycles. The van der Waals surface area contributed by atoms with Gasteiger partial charge in [-0.15, -0.1) is 0 Å². The summed E-state index contributed by atoms with van der Waals surface area (Å²) in [5.74, 6) is 1.46. The molecule has 4 rings (SSSR count).